The van der Waals surface area contributed by atoms with Gasteiger partial charge in [0.1, 0.15) is 30.1 Å². The lowest BCUT2D eigenvalue weighted by molar-refractivity contribution is -0.461. The molecule has 348 valence electrons. The van der Waals surface area contributed by atoms with Crippen molar-refractivity contribution in [3.05, 3.63) is 72.3 Å². The van der Waals surface area contributed by atoms with E-state index in [4.69, 9.17) is 13.9 Å². The molecule has 1 N–H and O–H groups in total. The highest BCUT2D eigenvalue weighted by atomic mass is 28.4. The van der Waals surface area contributed by atoms with Gasteiger partial charge in [0.15, 0.2) is 8.32 Å². The van der Waals surface area contributed by atoms with Gasteiger partial charge in [-0.25, -0.2) is 13.6 Å². The van der Waals surface area contributed by atoms with Crippen molar-refractivity contribution in [1.29, 1.82) is 0 Å². The number of ether oxygens (including phenoxy) is 2. The number of halogens is 19. The Morgan fingerprint density at radius 1 is 0.689 bits per heavy atom. The number of nitrogens with one attached hydrogen (secondary N) is 1. The molecule has 2 atom stereocenters. The molecule has 0 aliphatic rings. The van der Waals surface area contributed by atoms with E-state index in [1.165, 1.54) is 58.0 Å². The number of rotatable bonds is 21. The number of hydrogen-bond acceptors (Lipinski definition) is 4. The average Bonchev–Trinajstić information content (AvgIpc) is 3.13. The molecule has 0 bridgehead atoms. The highest BCUT2D eigenvalue weighted by Gasteiger charge is 2.95. The van der Waals surface area contributed by atoms with Crippen LogP contribution in [0.25, 0.3) is 0 Å². The molecule has 2 aromatic carbocycles. The number of alkyl halides is 17. The summed E-state index contributed by atoms with van der Waals surface area (Å²) in [4.78, 5) is 12.5. The van der Waals surface area contributed by atoms with Crippen molar-refractivity contribution < 1.29 is 102 Å². The lowest BCUT2D eigenvalue weighted by atomic mass is 9.88. The Labute approximate surface area is 336 Å². The van der Waals surface area contributed by atoms with E-state index in [9.17, 15) is 88.2 Å². The van der Waals surface area contributed by atoms with Crippen LogP contribution in [-0.4, -0.2) is 75.3 Å². The first kappa shape index (κ1) is 53.2. The topological polar surface area (TPSA) is 56.8 Å². The smallest absolute Gasteiger partial charge is 0.460 e. The van der Waals surface area contributed by atoms with Crippen LogP contribution in [0.2, 0.25) is 17.1 Å². The van der Waals surface area contributed by atoms with Crippen molar-refractivity contribution in [3.63, 3.8) is 0 Å². The Morgan fingerprint density at radius 3 is 1.61 bits per heavy atom. The van der Waals surface area contributed by atoms with Gasteiger partial charge in [-0.05, 0) is 47.0 Å². The van der Waals surface area contributed by atoms with Gasteiger partial charge in [0, 0.05) is 18.4 Å². The molecule has 0 aromatic heterocycles. The first-order valence-corrected chi connectivity index (χ1v) is 19.8. The largest absolute Gasteiger partial charge is 0.491 e. The first-order valence-electron chi connectivity index (χ1n) is 17.6. The van der Waals surface area contributed by atoms with E-state index in [1.807, 2.05) is 0 Å². The quantitative estimate of drug-likeness (QED) is 0.0586. The van der Waals surface area contributed by atoms with Gasteiger partial charge in [0.2, 0.25) is 0 Å². The fraction of sp³-hybridized carbons (Fsp3) is 0.583. The fourth-order valence-corrected chi connectivity index (χ4v) is 10.4. The maximum atomic E-state index is 14.9. The number of benzene rings is 2. The van der Waals surface area contributed by atoms with Gasteiger partial charge < -0.3 is 13.9 Å². The lowest BCUT2D eigenvalue weighted by Gasteiger charge is -2.44. The van der Waals surface area contributed by atoms with E-state index in [2.05, 4.69) is 11.9 Å². The molecule has 0 saturated carbocycles. The fourth-order valence-electron chi connectivity index (χ4n) is 5.95. The number of carbonyl (C=O) groups is 1. The summed E-state index contributed by atoms with van der Waals surface area (Å²) in [5.41, 5.74) is -1.84. The zero-order valence-electron chi connectivity index (χ0n) is 32.3. The molecule has 5 nitrogen and oxygen atoms in total. The Kier molecular flexibility index (Phi) is 16.1. The molecule has 0 spiro atoms. The third kappa shape index (κ3) is 10.2. The zero-order chi connectivity index (χ0) is 47.6. The Hall–Kier alpha value is -3.90. The van der Waals surface area contributed by atoms with Gasteiger partial charge in [-0.3, -0.25) is 5.32 Å². The molecule has 0 heterocycles. The normalized spacial score (nSPS) is 15.2. The molecule has 61 heavy (non-hydrogen) atoms. The highest BCUT2D eigenvalue weighted by Crippen LogP contribution is 2.64. The maximum Gasteiger partial charge on any atom is 0.460 e. The van der Waals surface area contributed by atoms with Crippen LogP contribution in [0.3, 0.4) is 0 Å². The van der Waals surface area contributed by atoms with Crippen molar-refractivity contribution >= 4 is 20.1 Å². The summed E-state index contributed by atoms with van der Waals surface area (Å²) in [5.74, 6) is -59.3. The van der Waals surface area contributed by atoms with E-state index in [-0.39, 0.29) is 5.75 Å². The Morgan fingerprint density at radius 2 is 1.16 bits per heavy atom. The minimum atomic E-state index is -8.70. The summed E-state index contributed by atoms with van der Waals surface area (Å²) >= 11 is 0. The van der Waals surface area contributed by atoms with Crippen molar-refractivity contribution in [2.24, 2.45) is 5.92 Å². The third-order valence-corrected chi connectivity index (χ3v) is 15.4. The summed E-state index contributed by atoms with van der Waals surface area (Å²) in [7, 11) is -4.01. The Bertz CT molecular complexity index is 1800. The van der Waals surface area contributed by atoms with Crippen LogP contribution in [0.1, 0.15) is 52.7 Å². The molecule has 25 heteroatoms. The predicted molar refractivity (Wildman–Crippen MR) is 183 cm³/mol. The molecule has 0 aliphatic carbocycles. The molecule has 0 unspecified atom stereocenters. The summed E-state index contributed by atoms with van der Waals surface area (Å²) in [6, 6.07) is 6.52. The van der Waals surface area contributed by atoms with Gasteiger partial charge >= 0.3 is 53.7 Å². The molecule has 0 fully saturated rings. The SMILES string of the molecule is C=C[C@@H](C)[C@@H](OC(=O)Nc1ccc(F)cc1F)c1ccc(OCCO[Si](CCC(F)(F)C(F)(F)C(F)(F)C(F)(F)C(F)(F)C(F)(F)C(F)(F)C(F)(F)F)(C(C)C)C(C)C)cc1. The summed E-state index contributed by atoms with van der Waals surface area (Å²) in [5, 5.41) is 2.13. The predicted octanol–water partition coefficient (Wildman–Crippen LogP) is 13.6. The van der Waals surface area contributed by atoms with Crippen LogP contribution in [0.5, 0.6) is 5.75 Å². The monoisotopic (exact) mass is 937 g/mol. The molecule has 0 aliphatic heterocycles. The van der Waals surface area contributed by atoms with Crippen LogP contribution in [-0.2, 0) is 9.16 Å². The van der Waals surface area contributed by atoms with Crippen LogP contribution < -0.4 is 10.1 Å². The minimum Gasteiger partial charge on any atom is -0.491 e. The van der Waals surface area contributed by atoms with Crippen molar-refractivity contribution in [2.75, 3.05) is 18.5 Å². The second kappa shape index (κ2) is 18.4. The number of amides is 1. The molecule has 0 radical (unpaired) electrons. The van der Waals surface area contributed by atoms with Crippen LogP contribution >= 0.6 is 0 Å². The van der Waals surface area contributed by atoms with E-state index in [1.54, 1.807) is 6.92 Å². The maximum absolute atomic E-state index is 14.9. The van der Waals surface area contributed by atoms with Gasteiger partial charge in [-0.1, -0.05) is 52.8 Å². The molecule has 1 amide bonds. The summed E-state index contributed by atoms with van der Waals surface area (Å²) < 4.78 is 279. The van der Waals surface area contributed by atoms with Gasteiger partial charge in [0.25, 0.3) is 0 Å². The van der Waals surface area contributed by atoms with Gasteiger partial charge in [0.05, 0.1) is 12.3 Å². The third-order valence-electron chi connectivity index (χ3n) is 9.75. The molecular weight excluding hydrogens is 899 g/mol. The van der Waals surface area contributed by atoms with Crippen molar-refractivity contribution in [3.8, 4) is 5.75 Å². The summed E-state index contributed by atoms with van der Waals surface area (Å²) in [6.45, 7) is 9.44. The van der Waals surface area contributed by atoms with Crippen LogP contribution in [0.4, 0.5) is 93.9 Å². The minimum absolute atomic E-state index is 0.0845. The van der Waals surface area contributed by atoms with E-state index in [0.29, 0.717) is 11.6 Å². The first-order chi connectivity index (χ1) is 27.4. The second-order valence-electron chi connectivity index (χ2n) is 14.3. The average molecular weight is 938 g/mol. The van der Waals surface area contributed by atoms with Crippen LogP contribution in [0, 0.1) is 17.6 Å². The van der Waals surface area contributed by atoms with Crippen molar-refractivity contribution in [1.82, 2.24) is 0 Å². The number of carbonyl (C=O) groups excluding carboxylic acids is 1. The molecule has 0 saturated heterocycles. The molecule has 2 aromatic rings. The summed E-state index contributed by atoms with van der Waals surface area (Å²) in [6.07, 6.45) is -11.2. The standard InChI is InChI=1S/C36H38F19NO4Si/c1-7-21(6)27(60-28(57)56-26-13-10-23(37)18-25(26)38)22-8-11-24(12-9-22)58-15-16-59-61(19(2)3,20(4)5)17-14-29(39,40)30(41,42)31(43,44)32(45,46)33(47,48)34(49,50)35(51,52)36(53,54)55/h7-13,18-21,27H,1,14-17H2,2-6H3,(H,56,57)/t21-,27-/m1/s1. The number of anilines is 1. The van der Waals surface area contributed by atoms with E-state index in [0.717, 1.165) is 12.1 Å². The van der Waals surface area contributed by atoms with Crippen molar-refractivity contribution in [2.45, 2.75) is 112 Å². The highest BCUT2D eigenvalue weighted by molar-refractivity contribution is 6.76. The Balaban J connectivity index is 2.25. The van der Waals surface area contributed by atoms with Gasteiger partial charge in [-0.2, -0.15) is 74.6 Å². The van der Waals surface area contributed by atoms with Gasteiger partial charge in [-0.15, -0.1) is 6.58 Å². The second-order valence-corrected chi connectivity index (χ2v) is 19.4. The molecular formula is C36H38F19NO4Si. The zero-order valence-corrected chi connectivity index (χ0v) is 33.3. The van der Waals surface area contributed by atoms with E-state index >= 15 is 0 Å². The van der Waals surface area contributed by atoms with Crippen LogP contribution in [0.15, 0.2) is 55.1 Å². The molecule has 2 rings (SSSR count). The number of hydrogen-bond donors (Lipinski definition) is 1. The lowest BCUT2D eigenvalue weighted by Crippen LogP contribution is -2.74. The van der Waals surface area contributed by atoms with E-state index < -0.39 is 128 Å².